The van der Waals surface area contributed by atoms with E-state index in [0.29, 0.717) is 5.82 Å². The van der Waals surface area contributed by atoms with Crippen molar-refractivity contribution in [1.29, 1.82) is 0 Å². The van der Waals surface area contributed by atoms with Gasteiger partial charge in [0, 0.05) is 6.54 Å². The smallest absolute Gasteiger partial charge is 0.169 e. The molecule has 18 heavy (non-hydrogen) atoms. The van der Waals surface area contributed by atoms with E-state index >= 15 is 0 Å². The Balaban J connectivity index is 1.90. The molecule has 1 aromatic heterocycles. The molecule has 0 spiro atoms. The van der Waals surface area contributed by atoms with Crippen LogP contribution in [-0.4, -0.2) is 15.0 Å². The Morgan fingerprint density at radius 3 is 2.67 bits per heavy atom. The average Bonchev–Trinajstić information content (AvgIpc) is 2.73. The maximum absolute atomic E-state index is 5.82. The first-order valence-electron chi connectivity index (χ1n) is 6.53. The highest BCUT2D eigenvalue weighted by Crippen LogP contribution is 2.11. The van der Waals surface area contributed by atoms with Crippen LogP contribution in [0.1, 0.15) is 31.0 Å². The summed E-state index contributed by atoms with van der Waals surface area (Å²) in [6.07, 6.45) is 4.14. The Bertz CT molecular complexity index is 476. The van der Waals surface area contributed by atoms with Crippen LogP contribution in [0, 0.1) is 0 Å². The molecule has 0 aliphatic heterocycles. The summed E-state index contributed by atoms with van der Waals surface area (Å²) in [7, 11) is 0. The van der Waals surface area contributed by atoms with E-state index in [2.05, 4.69) is 41.5 Å². The Morgan fingerprint density at radius 2 is 1.94 bits per heavy atom. The zero-order valence-electron chi connectivity index (χ0n) is 10.8. The summed E-state index contributed by atoms with van der Waals surface area (Å²) < 4.78 is 1.95. The lowest BCUT2D eigenvalue weighted by Crippen LogP contribution is -2.07. The summed E-state index contributed by atoms with van der Waals surface area (Å²) in [5.74, 6) is 0.580. The van der Waals surface area contributed by atoms with Gasteiger partial charge in [-0.05, 0) is 24.8 Å². The van der Waals surface area contributed by atoms with Crippen molar-refractivity contribution in [3.63, 3.8) is 0 Å². The van der Waals surface area contributed by atoms with Gasteiger partial charge in [0.25, 0.3) is 0 Å². The summed E-state index contributed by atoms with van der Waals surface area (Å²) in [5.41, 5.74) is 8.25. The molecule has 2 N–H and O–H groups in total. The van der Waals surface area contributed by atoms with Crippen molar-refractivity contribution in [2.45, 2.75) is 39.2 Å². The molecule has 0 bridgehead atoms. The van der Waals surface area contributed by atoms with Gasteiger partial charge in [0.2, 0.25) is 0 Å². The summed E-state index contributed by atoms with van der Waals surface area (Å²) in [4.78, 5) is 0. The van der Waals surface area contributed by atoms with Crippen LogP contribution in [0.3, 0.4) is 0 Å². The van der Waals surface area contributed by atoms with Crippen LogP contribution in [0.4, 0.5) is 5.82 Å². The monoisotopic (exact) mass is 244 g/mol. The van der Waals surface area contributed by atoms with Gasteiger partial charge in [-0.15, -0.1) is 5.10 Å². The van der Waals surface area contributed by atoms with Gasteiger partial charge in [-0.3, -0.25) is 0 Å². The number of nitrogen functional groups attached to an aromatic ring is 1. The fourth-order valence-electron chi connectivity index (χ4n) is 2.10. The molecule has 0 saturated heterocycles. The average molecular weight is 244 g/mol. The lowest BCUT2D eigenvalue weighted by Gasteiger charge is -2.06. The zero-order chi connectivity index (χ0) is 12.8. The molecule has 2 aromatic rings. The van der Waals surface area contributed by atoms with Crippen LogP contribution in [0.15, 0.2) is 30.3 Å². The molecule has 1 heterocycles. The molecule has 0 saturated carbocycles. The second-order valence-electron chi connectivity index (χ2n) is 4.48. The first-order chi connectivity index (χ1) is 8.81. The number of nitrogens with zero attached hydrogens (tertiary/aromatic N) is 3. The van der Waals surface area contributed by atoms with Crippen LogP contribution < -0.4 is 5.73 Å². The van der Waals surface area contributed by atoms with Crippen molar-refractivity contribution < 1.29 is 0 Å². The number of aryl methyl sites for hydroxylation is 2. The van der Waals surface area contributed by atoms with Gasteiger partial charge in [-0.1, -0.05) is 48.9 Å². The number of hydrogen-bond acceptors (Lipinski definition) is 3. The minimum Gasteiger partial charge on any atom is -0.381 e. The summed E-state index contributed by atoms with van der Waals surface area (Å²) in [6, 6.07) is 10.5. The van der Waals surface area contributed by atoms with Crippen LogP contribution in [0.5, 0.6) is 0 Å². The highest BCUT2D eigenvalue weighted by molar-refractivity contribution is 5.32. The highest BCUT2D eigenvalue weighted by atomic mass is 15.4. The summed E-state index contributed by atoms with van der Waals surface area (Å²) in [5, 5.41) is 8.06. The van der Waals surface area contributed by atoms with Gasteiger partial charge in [0.05, 0.1) is 5.69 Å². The van der Waals surface area contributed by atoms with Crippen molar-refractivity contribution >= 4 is 5.82 Å². The van der Waals surface area contributed by atoms with Crippen LogP contribution in [0.2, 0.25) is 0 Å². The molecule has 0 fully saturated rings. The molecule has 4 heteroatoms. The third-order valence-electron chi connectivity index (χ3n) is 3.03. The van der Waals surface area contributed by atoms with Gasteiger partial charge in [0.15, 0.2) is 5.82 Å². The van der Waals surface area contributed by atoms with Crippen molar-refractivity contribution in [3.8, 4) is 0 Å². The molecule has 0 aliphatic carbocycles. The van der Waals surface area contributed by atoms with Crippen molar-refractivity contribution in [2.24, 2.45) is 0 Å². The van der Waals surface area contributed by atoms with Crippen LogP contribution in [0.25, 0.3) is 0 Å². The first kappa shape index (κ1) is 12.6. The molecule has 0 aliphatic rings. The van der Waals surface area contributed by atoms with E-state index in [9.17, 15) is 0 Å². The molecule has 0 unspecified atom stereocenters. The topological polar surface area (TPSA) is 56.7 Å². The van der Waals surface area contributed by atoms with Crippen LogP contribution >= 0.6 is 0 Å². The molecule has 0 atom stereocenters. The van der Waals surface area contributed by atoms with E-state index in [0.717, 1.165) is 37.9 Å². The van der Waals surface area contributed by atoms with Crippen molar-refractivity contribution in [3.05, 3.63) is 41.6 Å². The number of anilines is 1. The van der Waals surface area contributed by atoms with E-state index in [1.54, 1.807) is 0 Å². The van der Waals surface area contributed by atoms with Gasteiger partial charge in [-0.25, -0.2) is 4.68 Å². The quantitative estimate of drug-likeness (QED) is 0.849. The predicted molar refractivity (Wildman–Crippen MR) is 73.2 cm³/mol. The molecule has 4 nitrogen and oxygen atoms in total. The molecule has 96 valence electrons. The second kappa shape index (κ2) is 6.19. The fourth-order valence-corrected chi connectivity index (χ4v) is 2.10. The standard InChI is InChI=1S/C14H20N4/c1-2-7-13-14(15)16-17-18(13)11-6-10-12-8-4-3-5-9-12/h3-5,8-9H,2,6-7,10-11,15H2,1H3. The Hall–Kier alpha value is -1.84. The predicted octanol–water partition coefficient (Wildman–Crippen LogP) is 2.45. The Morgan fingerprint density at radius 1 is 1.17 bits per heavy atom. The number of benzene rings is 1. The molecule has 1 aromatic carbocycles. The molecular formula is C14H20N4. The normalized spacial score (nSPS) is 10.7. The van der Waals surface area contributed by atoms with E-state index in [1.165, 1.54) is 5.56 Å². The van der Waals surface area contributed by atoms with E-state index < -0.39 is 0 Å². The van der Waals surface area contributed by atoms with Gasteiger partial charge in [-0.2, -0.15) is 0 Å². The van der Waals surface area contributed by atoms with Crippen LogP contribution in [-0.2, 0) is 19.4 Å². The van der Waals surface area contributed by atoms with Gasteiger partial charge in [0.1, 0.15) is 0 Å². The Kier molecular flexibility index (Phi) is 4.34. The number of hydrogen-bond donors (Lipinski definition) is 1. The first-order valence-corrected chi connectivity index (χ1v) is 6.53. The fraction of sp³-hybridized carbons (Fsp3) is 0.429. The maximum Gasteiger partial charge on any atom is 0.169 e. The number of rotatable bonds is 6. The van der Waals surface area contributed by atoms with E-state index in [4.69, 9.17) is 5.73 Å². The SMILES string of the molecule is CCCc1c(N)nnn1CCCc1ccccc1. The number of nitrogens with two attached hydrogens (primary N) is 1. The lowest BCUT2D eigenvalue weighted by molar-refractivity contribution is 0.536. The van der Waals surface area contributed by atoms with Crippen molar-refractivity contribution in [2.75, 3.05) is 5.73 Å². The molecular weight excluding hydrogens is 224 g/mol. The minimum atomic E-state index is 0.580. The second-order valence-corrected chi connectivity index (χ2v) is 4.48. The highest BCUT2D eigenvalue weighted by Gasteiger charge is 2.08. The molecule has 2 rings (SSSR count). The Labute approximate surface area is 108 Å². The van der Waals surface area contributed by atoms with E-state index in [1.807, 2.05) is 10.7 Å². The van der Waals surface area contributed by atoms with Gasteiger partial charge < -0.3 is 5.73 Å². The maximum atomic E-state index is 5.82. The number of aromatic nitrogens is 3. The summed E-state index contributed by atoms with van der Waals surface area (Å²) in [6.45, 7) is 3.02. The zero-order valence-corrected chi connectivity index (χ0v) is 10.8. The molecule has 0 amide bonds. The largest absolute Gasteiger partial charge is 0.381 e. The van der Waals surface area contributed by atoms with Crippen molar-refractivity contribution in [1.82, 2.24) is 15.0 Å². The lowest BCUT2D eigenvalue weighted by atomic mass is 10.1. The third kappa shape index (κ3) is 3.09. The third-order valence-corrected chi connectivity index (χ3v) is 3.03. The minimum absolute atomic E-state index is 0.580. The van der Waals surface area contributed by atoms with Gasteiger partial charge >= 0.3 is 0 Å². The summed E-state index contributed by atoms with van der Waals surface area (Å²) >= 11 is 0. The van der Waals surface area contributed by atoms with E-state index in [-0.39, 0.29) is 0 Å². The molecule has 0 radical (unpaired) electrons.